The summed E-state index contributed by atoms with van der Waals surface area (Å²) in [7, 11) is 3.42. The molecule has 1 heterocycles. The third-order valence-electron chi connectivity index (χ3n) is 4.29. The lowest BCUT2D eigenvalue weighted by Gasteiger charge is -2.26. The zero-order chi connectivity index (χ0) is 19.5. The summed E-state index contributed by atoms with van der Waals surface area (Å²) in [6, 6.07) is 6.56. The minimum atomic E-state index is -0.235. The van der Waals surface area contributed by atoms with Crippen LogP contribution < -0.4 is 10.6 Å². The molecule has 1 amide bonds. The van der Waals surface area contributed by atoms with Crippen LogP contribution in [0.25, 0.3) is 0 Å². The molecular weight excluding hydrogens is 476 g/mol. The molecule has 0 atom stereocenters. The van der Waals surface area contributed by atoms with Gasteiger partial charge in [-0.2, -0.15) is 0 Å². The van der Waals surface area contributed by atoms with E-state index in [9.17, 15) is 9.18 Å². The summed E-state index contributed by atoms with van der Waals surface area (Å²) in [5, 5.41) is 6.49. The van der Waals surface area contributed by atoms with Crippen LogP contribution in [0, 0.1) is 5.82 Å². The van der Waals surface area contributed by atoms with Crippen molar-refractivity contribution in [1.82, 2.24) is 20.4 Å². The van der Waals surface area contributed by atoms with Crippen LogP contribution in [0.5, 0.6) is 0 Å². The maximum atomic E-state index is 13.3. The Kier molecular flexibility index (Phi) is 12.0. The Bertz CT molecular complexity index is 624. The van der Waals surface area contributed by atoms with Gasteiger partial charge in [0.25, 0.3) is 0 Å². The number of amides is 1. The van der Waals surface area contributed by atoms with Gasteiger partial charge in [0, 0.05) is 46.8 Å². The summed E-state index contributed by atoms with van der Waals surface area (Å²) < 4.78 is 18.6. The first kappa shape index (κ1) is 24.6. The van der Waals surface area contributed by atoms with Crippen molar-refractivity contribution in [3.63, 3.8) is 0 Å². The minimum Gasteiger partial charge on any atom is -0.379 e. The number of aliphatic imine (C=N–C) groups is 1. The number of nitrogens with zero attached hydrogens (tertiary/aromatic N) is 3. The van der Waals surface area contributed by atoms with Crippen molar-refractivity contribution < 1.29 is 13.9 Å². The van der Waals surface area contributed by atoms with E-state index < -0.39 is 0 Å². The van der Waals surface area contributed by atoms with E-state index in [0.717, 1.165) is 45.0 Å². The first-order valence-electron chi connectivity index (χ1n) is 9.31. The van der Waals surface area contributed by atoms with Gasteiger partial charge in [-0.3, -0.25) is 9.69 Å². The van der Waals surface area contributed by atoms with E-state index in [1.54, 1.807) is 20.2 Å². The number of morpholine rings is 1. The Hall–Kier alpha value is -1.46. The van der Waals surface area contributed by atoms with Crippen LogP contribution in [-0.4, -0.2) is 88.2 Å². The van der Waals surface area contributed by atoms with Crippen molar-refractivity contribution in [1.29, 1.82) is 0 Å². The molecule has 7 nitrogen and oxygen atoms in total. The smallest absolute Gasteiger partial charge is 0.243 e. The van der Waals surface area contributed by atoms with Gasteiger partial charge in [0.15, 0.2) is 5.96 Å². The normalized spacial score (nSPS) is 14.9. The van der Waals surface area contributed by atoms with E-state index >= 15 is 0 Å². The predicted octanol–water partition coefficient (Wildman–Crippen LogP) is 0.942. The van der Waals surface area contributed by atoms with Gasteiger partial charge >= 0.3 is 0 Å². The molecule has 1 fully saturated rings. The average Bonchev–Trinajstić information content (AvgIpc) is 2.66. The maximum absolute atomic E-state index is 13.3. The highest BCUT2D eigenvalue weighted by Gasteiger charge is 2.10. The van der Waals surface area contributed by atoms with Crippen LogP contribution in [0.1, 0.15) is 5.56 Å². The molecule has 1 saturated heterocycles. The molecule has 0 saturated carbocycles. The number of benzene rings is 1. The highest BCUT2D eigenvalue weighted by molar-refractivity contribution is 14.0. The summed E-state index contributed by atoms with van der Waals surface area (Å²) in [5.74, 6) is 0.297. The molecule has 1 aliphatic rings. The van der Waals surface area contributed by atoms with Gasteiger partial charge in [-0.05, 0) is 24.1 Å². The number of halogens is 2. The molecule has 0 spiro atoms. The highest BCUT2D eigenvalue weighted by atomic mass is 127. The van der Waals surface area contributed by atoms with Crippen LogP contribution in [0.4, 0.5) is 4.39 Å². The van der Waals surface area contributed by atoms with E-state index in [1.807, 2.05) is 6.07 Å². The number of hydrogen-bond donors (Lipinski definition) is 2. The van der Waals surface area contributed by atoms with Crippen molar-refractivity contribution in [3.05, 3.63) is 35.6 Å². The molecule has 1 aliphatic heterocycles. The largest absolute Gasteiger partial charge is 0.379 e. The van der Waals surface area contributed by atoms with E-state index in [4.69, 9.17) is 4.74 Å². The molecule has 158 valence electrons. The van der Waals surface area contributed by atoms with Crippen molar-refractivity contribution in [2.45, 2.75) is 6.42 Å². The second-order valence-corrected chi connectivity index (χ2v) is 6.64. The lowest BCUT2D eigenvalue weighted by Crippen LogP contribution is -2.45. The van der Waals surface area contributed by atoms with Crippen molar-refractivity contribution in [2.24, 2.45) is 4.99 Å². The van der Waals surface area contributed by atoms with Crippen LogP contribution in [0.3, 0.4) is 0 Å². The SMILES string of the molecule is CN(C)C(=O)CN=C(NCCc1cccc(F)c1)NCCN1CCOCC1.I. The third kappa shape index (κ3) is 9.65. The van der Waals surface area contributed by atoms with Crippen LogP contribution >= 0.6 is 24.0 Å². The molecule has 28 heavy (non-hydrogen) atoms. The minimum absolute atomic E-state index is 0. The fourth-order valence-electron chi connectivity index (χ4n) is 2.64. The molecule has 2 N–H and O–H groups in total. The van der Waals surface area contributed by atoms with Gasteiger partial charge in [0.1, 0.15) is 12.4 Å². The Morgan fingerprint density at radius 2 is 1.96 bits per heavy atom. The number of carbonyl (C=O) groups excluding carboxylic acids is 1. The lowest BCUT2D eigenvalue weighted by molar-refractivity contribution is -0.127. The Balaban J connectivity index is 0.00000392. The number of carbonyl (C=O) groups is 1. The predicted molar refractivity (Wildman–Crippen MR) is 120 cm³/mol. The maximum Gasteiger partial charge on any atom is 0.243 e. The summed E-state index contributed by atoms with van der Waals surface area (Å²) >= 11 is 0. The number of nitrogens with one attached hydrogen (secondary N) is 2. The molecule has 1 aromatic carbocycles. The van der Waals surface area contributed by atoms with Gasteiger partial charge in [-0.25, -0.2) is 9.38 Å². The molecule has 2 rings (SSSR count). The standard InChI is InChI=1S/C19H30FN5O2.HI/c1-24(2)18(26)15-23-19(22-8-9-25-10-12-27-13-11-25)21-7-6-16-4-3-5-17(20)14-16;/h3-5,14H,6-13,15H2,1-2H3,(H2,21,22,23);1H. The molecule has 0 aromatic heterocycles. The summed E-state index contributed by atoms with van der Waals surface area (Å²) in [6.45, 7) is 5.69. The first-order valence-corrected chi connectivity index (χ1v) is 9.31. The summed E-state index contributed by atoms with van der Waals surface area (Å²) in [6.07, 6.45) is 0.670. The van der Waals surface area contributed by atoms with E-state index in [1.165, 1.54) is 17.0 Å². The Morgan fingerprint density at radius 1 is 1.25 bits per heavy atom. The number of ether oxygens (including phenoxy) is 1. The topological polar surface area (TPSA) is 69.2 Å². The fraction of sp³-hybridized carbons (Fsp3) is 0.579. The summed E-state index contributed by atoms with van der Waals surface area (Å²) in [5.41, 5.74) is 0.916. The number of hydrogen-bond acceptors (Lipinski definition) is 4. The van der Waals surface area contributed by atoms with Crippen LogP contribution in [0.15, 0.2) is 29.3 Å². The monoisotopic (exact) mass is 507 g/mol. The van der Waals surface area contributed by atoms with Crippen LogP contribution in [-0.2, 0) is 16.0 Å². The van der Waals surface area contributed by atoms with Crippen LogP contribution in [0.2, 0.25) is 0 Å². The Morgan fingerprint density at radius 3 is 2.64 bits per heavy atom. The fourth-order valence-corrected chi connectivity index (χ4v) is 2.64. The average molecular weight is 507 g/mol. The molecule has 0 aliphatic carbocycles. The quantitative estimate of drug-likeness (QED) is 0.312. The molecular formula is C19H31FIN5O2. The zero-order valence-corrected chi connectivity index (χ0v) is 18.9. The van der Waals surface area contributed by atoms with E-state index in [0.29, 0.717) is 18.9 Å². The molecule has 0 radical (unpaired) electrons. The molecule has 1 aromatic rings. The van der Waals surface area contributed by atoms with Crippen molar-refractivity contribution in [2.75, 3.05) is 66.6 Å². The van der Waals surface area contributed by atoms with E-state index in [2.05, 4.69) is 20.5 Å². The van der Waals surface area contributed by atoms with Crippen molar-refractivity contribution in [3.8, 4) is 0 Å². The highest BCUT2D eigenvalue weighted by Crippen LogP contribution is 2.03. The number of likely N-dealkylation sites (N-methyl/N-ethyl adjacent to an activating group) is 1. The van der Waals surface area contributed by atoms with Gasteiger partial charge in [0.05, 0.1) is 13.2 Å². The number of guanidine groups is 1. The second-order valence-electron chi connectivity index (χ2n) is 6.64. The molecule has 0 unspecified atom stereocenters. The first-order chi connectivity index (χ1) is 13.0. The van der Waals surface area contributed by atoms with E-state index in [-0.39, 0.29) is 42.2 Å². The molecule has 9 heteroatoms. The van der Waals surface area contributed by atoms with Gasteiger partial charge < -0.3 is 20.3 Å². The van der Waals surface area contributed by atoms with Gasteiger partial charge in [0.2, 0.25) is 5.91 Å². The van der Waals surface area contributed by atoms with Crippen molar-refractivity contribution >= 4 is 35.8 Å². The third-order valence-corrected chi connectivity index (χ3v) is 4.29. The lowest BCUT2D eigenvalue weighted by atomic mass is 10.1. The Labute approximate surface area is 183 Å². The zero-order valence-electron chi connectivity index (χ0n) is 16.6. The second kappa shape index (κ2) is 13.7. The van der Waals surface area contributed by atoms with Gasteiger partial charge in [-0.1, -0.05) is 12.1 Å². The van der Waals surface area contributed by atoms with Gasteiger partial charge in [-0.15, -0.1) is 24.0 Å². The number of rotatable bonds is 8. The summed E-state index contributed by atoms with van der Waals surface area (Å²) in [4.78, 5) is 20.0. The molecule has 0 bridgehead atoms.